The Labute approximate surface area is 184 Å². The second-order valence-electron chi connectivity index (χ2n) is 6.80. The van der Waals surface area contributed by atoms with E-state index >= 15 is 0 Å². The van der Waals surface area contributed by atoms with Crippen LogP contribution in [0.15, 0.2) is 78.9 Å². The Hall–Kier alpha value is -3.32. The fourth-order valence-corrected chi connectivity index (χ4v) is 3.06. The zero-order valence-corrected chi connectivity index (χ0v) is 17.2. The number of hydrogen-bond acceptors (Lipinski definition) is 4. The highest BCUT2D eigenvalue weighted by molar-refractivity contribution is 5.90. The second-order valence-corrected chi connectivity index (χ2v) is 6.80. The summed E-state index contributed by atoms with van der Waals surface area (Å²) in [6.07, 6.45) is -4.34. The van der Waals surface area contributed by atoms with Crippen molar-refractivity contribution in [2.24, 2.45) is 0 Å². The summed E-state index contributed by atoms with van der Waals surface area (Å²) >= 11 is 0. The molecule has 0 saturated heterocycles. The third-order valence-electron chi connectivity index (χ3n) is 4.64. The maximum atomic E-state index is 12.7. The van der Waals surface area contributed by atoms with Gasteiger partial charge in [0.15, 0.2) is 0 Å². The summed E-state index contributed by atoms with van der Waals surface area (Å²) in [6, 6.07) is 22.7. The molecule has 0 aliphatic carbocycles. The smallest absolute Gasteiger partial charge is 0.365 e. The van der Waals surface area contributed by atoms with Gasteiger partial charge in [-0.05, 0) is 35.4 Å². The van der Waals surface area contributed by atoms with Gasteiger partial charge in [0.25, 0.3) is 0 Å². The van der Waals surface area contributed by atoms with Crippen LogP contribution < -0.4 is 10.6 Å². The van der Waals surface area contributed by atoms with Gasteiger partial charge in [-0.1, -0.05) is 54.6 Å². The molecule has 1 aromatic heterocycles. The summed E-state index contributed by atoms with van der Waals surface area (Å²) < 4.78 is 38.1. The molecule has 0 aliphatic rings. The van der Waals surface area contributed by atoms with Gasteiger partial charge >= 0.3 is 6.18 Å². The van der Waals surface area contributed by atoms with Crippen LogP contribution in [0.25, 0.3) is 10.9 Å². The van der Waals surface area contributed by atoms with Crippen molar-refractivity contribution in [3.05, 3.63) is 95.6 Å². The molecule has 0 bridgehead atoms. The Balaban J connectivity index is 0.00000272. The lowest BCUT2D eigenvalue weighted by molar-refractivity contribution is -0.137. The lowest BCUT2D eigenvalue weighted by Gasteiger charge is -2.12. The van der Waals surface area contributed by atoms with Gasteiger partial charge in [0.05, 0.1) is 11.1 Å². The normalized spacial score (nSPS) is 11.1. The number of hydrogen-bond donors (Lipinski definition) is 2. The van der Waals surface area contributed by atoms with Gasteiger partial charge in [0.2, 0.25) is 5.95 Å². The van der Waals surface area contributed by atoms with Gasteiger partial charge in [-0.15, -0.1) is 12.4 Å². The predicted molar refractivity (Wildman–Crippen MR) is 119 cm³/mol. The number of halogens is 4. The Morgan fingerprint density at radius 1 is 0.677 bits per heavy atom. The molecule has 31 heavy (non-hydrogen) atoms. The van der Waals surface area contributed by atoms with Crippen molar-refractivity contribution in [3.8, 4) is 0 Å². The Bertz CT molecular complexity index is 1130. The SMILES string of the molecule is Cl.FC(F)(F)c1ccc(CNc2nc(NCc3ccccc3)c3ccccc3n2)cc1. The summed E-state index contributed by atoms with van der Waals surface area (Å²) in [6.45, 7) is 0.925. The van der Waals surface area contributed by atoms with Crippen molar-refractivity contribution in [2.75, 3.05) is 10.6 Å². The first kappa shape index (κ1) is 22.4. The Morgan fingerprint density at radius 2 is 1.29 bits per heavy atom. The van der Waals surface area contributed by atoms with Gasteiger partial charge in [-0.25, -0.2) is 4.98 Å². The molecule has 2 N–H and O–H groups in total. The number of rotatable bonds is 6. The van der Waals surface area contributed by atoms with Gasteiger partial charge in [-0.3, -0.25) is 0 Å². The summed E-state index contributed by atoms with van der Waals surface area (Å²) in [5.74, 6) is 1.10. The van der Waals surface area contributed by atoms with E-state index in [4.69, 9.17) is 0 Å². The van der Waals surface area contributed by atoms with E-state index in [2.05, 4.69) is 20.6 Å². The van der Waals surface area contributed by atoms with Crippen LogP contribution in [-0.4, -0.2) is 9.97 Å². The first-order chi connectivity index (χ1) is 14.5. The van der Waals surface area contributed by atoms with Crippen molar-refractivity contribution < 1.29 is 13.2 Å². The third-order valence-corrected chi connectivity index (χ3v) is 4.64. The summed E-state index contributed by atoms with van der Waals surface area (Å²) in [5.41, 5.74) is 1.94. The number of alkyl halides is 3. The number of aromatic nitrogens is 2. The van der Waals surface area contributed by atoms with Gasteiger partial charge in [0, 0.05) is 18.5 Å². The highest BCUT2D eigenvalue weighted by Crippen LogP contribution is 2.29. The van der Waals surface area contributed by atoms with E-state index in [1.54, 1.807) is 0 Å². The van der Waals surface area contributed by atoms with E-state index in [1.165, 1.54) is 12.1 Å². The van der Waals surface area contributed by atoms with Crippen LogP contribution in [0.5, 0.6) is 0 Å². The third kappa shape index (κ3) is 5.64. The number of anilines is 2. The molecule has 4 rings (SSSR count). The molecular formula is C23H20ClF3N4. The molecule has 0 radical (unpaired) electrons. The Morgan fingerprint density at radius 3 is 2.00 bits per heavy atom. The molecule has 160 valence electrons. The minimum Gasteiger partial charge on any atom is -0.365 e. The monoisotopic (exact) mass is 444 g/mol. The lowest BCUT2D eigenvalue weighted by Crippen LogP contribution is -2.09. The molecule has 0 amide bonds. The molecule has 0 aliphatic heterocycles. The fourth-order valence-electron chi connectivity index (χ4n) is 3.06. The number of nitrogens with zero attached hydrogens (tertiary/aromatic N) is 2. The number of fused-ring (bicyclic) bond motifs is 1. The van der Waals surface area contributed by atoms with Crippen LogP contribution >= 0.6 is 12.4 Å². The summed E-state index contributed by atoms with van der Waals surface area (Å²) in [4.78, 5) is 9.10. The van der Waals surface area contributed by atoms with E-state index in [-0.39, 0.29) is 12.4 Å². The van der Waals surface area contributed by atoms with E-state index in [0.29, 0.717) is 30.4 Å². The van der Waals surface area contributed by atoms with Crippen molar-refractivity contribution in [2.45, 2.75) is 19.3 Å². The molecule has 0 spiro atoms. The quantitative estimate of drug-likeness (QED) is 0.366. The molecule has 0 fully saturated rings. The van der Waals surface area contributed by atoms with Crippen molar-refractivity contribution >= 4 is 35.1 Å². The summed E-state index contributed by atoms with van der Waals surface area (Å²) in [5, 5.41) is 7.35. The first-order valence-corrected chi connectivity index (χ1v) is 9.43. The number of benzene rings is 3. The average molecular weight is 445 g/mol. The second kappa shape index (κ2) is 9.66. The van der Waals surface area contributed by atoms with Crippen molar-refractivity contribution in [1.29, 1.82) is 0 Å². The van der Waals surface area contributed by atoms with Crippen LogP contribution in [0.3, 0.4) is 0 Å². The number of para-hydroxylation sites is 1. The van der Waals surface area contributed by atoms with Crippen LogP contribution in [-0.2, 0) is 19.3 Å². The standard InChI is InChI=1S/C23H19F3N4.ClH/c24-23(25,26)18-12-10-17(11-13-18)15-28-22-29-20-9-5-4-8-19(20)21(30-22)27-14-16-6-2-1-3-7-16;/h1-13H,14-15H2,(H2,27,28,29,30);1H. The van der Waals surface area contributed by atoms with Crippen LogP contribution in [0.2, 0.25) is 0 Å². The summed E-state index contributed by atoms with van der Waals surface area (Å²) in [7, 11) is 0. The molecule has 8 heteroatoms. The highest BCUT2D eigenvalue weighted by Gasteiger charge is 2.29. The van der Waals surface area contributed by atoms with E-state index < -0.39 is 11.7 Å². The fraction of sp³-hybridized carbons (Fsp3) is 0.130. The molecule has 0 saturated carbocycles. The van der Waals surface area contributed by atoms with Crippen molar-refractivity contribution in [3.63, 3.8) is 0 Å². The molecule has 3 aromatic carbocycles. The maximum absolute atomic E-state index is 12.7. The average Bonchev–Trinajstić information content (AvgIpc) is 2.76. The zero-order valence-electron chi connectivity index (χ0n) is 16.4. The van der Waals surface area contributed by atoms with Gasteiger partial charge < -0.3 is 10.6 Å². The van der Waals surface area contributed by atoms with Gasteiger partial charge in [0.1, 0.15) is 5.82 Å². The van der Waals surface area contributed by atoms with E-state index in [9.17, 15) is 13.2 Å². The first-order valence-electron chi connectivity index (χ1n) is 9.43. The van der Waals surface area contributed by atoms with Crippen LogP contribution in [0, 0.1) is 0 Å². The molecule has 4 aromatic rings. The highest BCUT2D eigenvalue weighted by atomic mass is 35.5. The molecule has 0 atom stereocenters. The molecular weight excluding hydrogens is 425 g/mol. The van der Waals surface area contributed by atoms with Crippen LogP contribution in [0.1, 0.15) is 16.7 Å². The topological polar surface area (TPSA) is 49.8 Å². The minimum atomic E-state index is -4.34. The van der Waals surface area contributed by atoms with Gasteiger partial charge in [-0.2, -0.15) is 18.2 Å². The van der Waals surface area contributed by atoms with Crippen LogP contribution in [0.4, 0.5) is 24.9 Å². The number of nitrogens with one attached hydrogen (secondary N) is 2. The maximum Gasteiger partial charge on any atom is 0.416 e. The zero-order chi connectivity index (χ0) is 21.0. The lowest BCUT2D eigenvalue weighted by atomic mass is 10.1. The van der Waals surface area contributed by atoms with E-state index in [1.807, 2.05) is 54.6 Å². The van der Waals surface area contributed by atoms with Crippen molar-refractivity contribution in [1.82, 2.24) is 9.97 Å². The Kier molecular flexibility index (Phi) is 6.97. The minimum absolute atomic E-state index is 0. The predicted octanol–water partition coefficient (Wildman–Crippen LogP) is 6.29. The molecule has 1 heterocycles. The molecule has 4 nitrogen and oxygen atoms in total. The molecule has 0 unspecified atom stereocenters. The largest absolute Gasteiger partial charge is 0.416 e. The van der Waals surface area contributed by atoms with E-state index in [0.717, 1.165) is 28.6 Å².